The average Bonchev–Trinajstić information content (AvgIpc) is 2.12. The minimum absolute atomic E-state index is 0. The van der Waals surface area contributed by atoms with Crippen LogP contribution in [-0.2, 0) is 4.79 Å². The van der Waals surface area contributed by atoms with Gasteiger partial charge in [0.05, 0.1) is 5.97 Å². The summed E-state index contributed by atoms with van der Waals surface area (Å²) in [5.41, 5.74) is 0. The molecule has 9 heavy (non-hydrogen) atoms. The number of rotatable bonds is 1. The fourth-order valence-corrected chi connectivity index (χ4v) is 0.589. The fraction of sp³-hybridized carbons (Fsp3) is 0.167. The van der Waals surface area contributed by atoms with E-state index in [1.165, 1.54) is 0 Å². The van der Waals surface area contributed by atoms with Crippen molar-refractivity contribution < 1.29 is 61.3 Å². The molecule has 0 aliphatic heterocycles. The number of allylic oxidation sites excluding steroid dienone is 2. The van der Waals surface area contributed by atoms with E-state index in [4.69, 9.17) is 0 Å². The number of hydrogen-bond acceptors (Lipinski definition) is 2. The molecule has 3 heteroatoms. The first kappa shape index (κ1) is 9.59. The Kier molecular flexibility index (Phi) is 4.70. The summed E-state index contributed by atoms with van der Waals surface area (Å²) in [7, 11) is 0. The van der Waals surface area contributed by atoms with Crippen LogP contribution in [0.1, 0.15) is 0 Å². The van der Waals surface area contributed by atoms with Crippen LogP contribution in [0.5, 0.6) is 0 Å². The van der Waals surface area contributed by atoms with Crippen LogP contribution in [0.15, 0.2) is 24.3 Å². The molecule has 1 rings (SSSR count). The van der Waals surface area contributed by atoms with E-state index >= 15 is 0 Å². The van der Waals surface area contributed by atoms with Gasteiger partial charge in [0.1, 0.15) is 0 Å². The van der Waals surface area contributed by atoms with Gasteiger partial charge in [-0.25, -0.2) is 0 Å². The van der Waals surface area contributed by atoms with Gasteiger partial charge in [-0.2, -0.15) is 0 Å². The number of hydrogen-bond donors (Lipinski definition) is 0. The molecule has 0 radical (unpaired) electrons. The van der Waals surface area contributed by atoms with Gasteiger partial charge in [0.2, 0.25) is 0 Å². The summed E-state index contributed by atoms with van der Waals surface area (Å²) in [5, 5.41) is 9.99. The van der Waals surface area contributed by atoms with Crippen molar-refractivity contribution in [3.8, 4) is 0 Å². The second-order valence-electron chi connectivity index (χ2n) is 1.61. The van der Waals surface area contributed by atoms with Crippen molar-refractivity contribution in [3.05, 3.63) is 24.3 Å². The minimum atomic E-state index is -1.03. The zero-order chi connectivity index (χ0) is 5.98. The Morgan fingerprint density at radius 1 is 1.33 bits per heavy atom. The van der Waals surface area contributed by atoms with Crippen LogP contribution >= 0.6 is 0 Å². The maximum atomic E-state index is 9.99. The van der Waals surface area contributed by atoms with Crippen molar-refractivity contribution in [3.63, 3.8) is 0 Å². The molecule has 0 aromatic heterocycles. The SMILES string of the molecule is O=C([O-])C1C=CC=C1.[K+]. The maximum Gasteiger partial charge on any atom is 1.00 e. The zero-order valence-corrected chi connectivity index (χ0v) is 8.33. The normalized spacial score (nSPS) is 15.6. The molecule has 42 valence electrons. The van der Waals surface area contributed by atoms with E-state index in [1.54, 1.807) is 24.3 Å². The molecular formula is C6H5KO2. The first-order chi connectivity index (χ1) is 3.80. The van der Waals surface area contributed by atoms with E-state index in [1.807, 2.05) is 0 Å². The summed E-state index contributed by atoms with van der Waals surface area (Å²) in [5.74, 6) is -1.52. The monoisotopic (exact) mass is 148 g/mol. The van der Waals surface area contributed by atoms with Crippen LogP contribution in [-0.4, -0.2) is 5.97 Å². The molecule has 0 atom stereocenters. The topological polar surface area (TPSA) is 40.1 Å². The first-order valence-electron chi connectivity index (χ1n) is 2.36. The summed E-state index contributed by atoms with van der Waals surface area (Å²) >= 11 is 0. The van der Waals surface area contributed by atoms with Crippen LogP contribution in [0.2, 0.25) is 0 Å². The smallest absolute Gasteiger partial charge is 0.549 e. The predicted octanol–water partition coefficient (Wildman–Crippen LogP) is -3.52. The number of carboxylic acids is 1. The zero-order valence-electron chi connectivity index (χ0n) is 5.20. The largest absolute Gasteiger partial charge is 1.00 e. The molecule has 0 aromatic rings. The Morgan fingerprint density at radius 3 is 2.00 bits per heavy atom. The molecule has 0 aromatic carbocycles. The Labute approximate surface area is 96.1 Å². The van der Waals surface area contributed by atoms with Gasteiger partial charge in [-0.3, -0.25) is 0 Å². The van der Waals surface area contributed by atoms with Crippen LogP contribution in [0, 0.1) is 5.92 Å². The van der Waals surface area contributed by atoms with Crippen molar-refractivity contribution >= 4 is 5.97 Å². The van der Waals surface area contributed by atoms with E-state index in [0.717, 1.165) is 0 Å². The third kappa shape index (κ3) is 2.77. The molecule has 0 bridgehead atoms. The van der Waals surface area contributed by atoms with Crippen molar-refractivity contribution in [2.45, 2.75) is 0 Å². The van der Waals surface area contributed by atoms with Gasteiger partial charge in [0.25, 0.3) is 0 Å². The molecule has 1 aliphatic carbocycles. The van der Waals surface area contributed by atoms with Gasteiger partial charge in [-0.15, -0.1) is 0 Å². The summed E-state index contributed by atoms with van der Waals surface area (Å²) < 4.78 is 0. The average molecular weight is 148 g/mol. The quantitative estimate of drug-likeness (QED) is 0.362. The van der Waals surface area contributed by atoms with E-state index in [9.17, 15) is 9.90 Å². The third-order valence-corrected chi connectivity index (χ3v) is 1.02. The number of aliphatic carboxylic acids is 1. The molecule has 0 spiro atoms. The van der Waals surface area contributed by atoms with Crippen LogP contribution in [0.25, 0.3) is 0 Å². The molecule has 0 unspecified atom stereocenters. The van der Waals surface area contributed by atoms with Crippen molar-refractivity contribution in [1.82, 2.24) is 0 Å². The maximum absolute atomic E-state index is 9.99. The Morgan fingerprint density at radius 2 is 1.78 bits per heavy atom. The molecule has 0 fully saturated rings. The molecule has 0 heterocycles. The van der Waals surface area contributed by atoms with Gasteiger partial charge >= 0.3 is 51.4 Å². The van der Waals surface area contributed by atoms with E-state index in [-0.39, 0.29) is 51.4 Å². The van der Waals surface area contributed by atoms with Crippen molar-refractivity contribution in [2.75, 3.05) is 0 Å². The van der Waals surface area contributed by atoms with Crippen LogP contribution in [0.4, 0.5) is 0 Å². The standard InChI is InChI=1S/C6H6O2.K/c7-6(8)5-3-1-2-4-5;/h1-5H,(H,7,8);/q;+1/p-1. The number of carboxylic acid groups (broad SMARTS) is 1. The van der Waals surface area contributed by atoms with E-state index in [2.05, 4.69) is 0 Å². The predicted molar refractivity (Wildman–Crippen MR) is 26.8 cm³/mol. The van der Waals surface area contributed by atoms with Crippen molar-refractivity contribution in [1.29, 1.82) is 0 Å². The van der Waals surface area contributed by atoms with E-state index < -0.39 is 11.9 Å². The summed E-state index contributed by atoms with van der Waals surface area (Å²) in [4.78, 5) is 9.99. The summed E-state index contributed by atoms with van der Waals surface area (Å²) in [6.07, 6.45) is 6.55. The summed E-state index contributed by atoms with van der Waals surface area (Å²) in [6, 6.07) is 0. The molecule has 0 N–H and O–H groups in total. The molecular weight excluding hydrogens is 143 g/mol. The Balaban J connectivity index is 0.000000640. The molecule has 0 saturated heterocycles. The van der Waals surface area contributed by atoms with E-state index in [0.29, 0.717) is 0 Å². The van der Waals surface area contributed by atoms with Crippen molar-refractivity contribution in [2.24, 2.45) is 5.92 Å². The van der Waals surface area contributed by atoms with Gasteiger partial charge in [-0.1, -0.05) is 24.3 Å². The Bertz CT molecular complexity index is 148. The molecule has 0 amide bonds. The van der Waals surface area contributed by atoms with Crippen LogP contribution in [0.3, 0.4) is 0 Å². The second-order valence-corrected chi connectivity index (χ2v) is 1.61. The number of carbonyl (C=O) groups excluding carboxylic acids is 1. The third-order valence-electron chi connectivity index (χ3n) is 1.02. The Hall–Kier alpha value is 0.586. The molecule has 1 aliphatic rings. The minimum Gasteiger partial charge on any atom is -0.549 e. The first-order valence-corrected chi connectivity index (χ1v) is 2.36. The van der Waals surface area contributed by atoms with Crippen LogP contribution < -0.4 is 56.5 Å². The number of carbonyl (C=O) groups is 1. The molecule has 2 nitrogen and oxygen atoms in total. The van der Waals surface area contributed by atoms with Gasteiger partial charge in [0.15, 0.2) is 0 Å². The fourth-order valence-electron chi connectivity index (χ4n) is 0.589. The summed E-state index contributed by atoms with van der Waals surface area (Å²) in [6.45, 7) is 0. The van der Waals surface area contributed by atoms with Gasteiger partial charge < -0.3 is 9.90 Å². The molecule has 0 saturated carbocycles. The van der Waals surface area contributed by atoms with Gasteiger partial charge in [-0.05, 0) is 0 Å². The second kappa shape index (κ2) is 4.41. The van der Waals surface area contributed by atoms with Gasteiger partial charge in [0, 0.05) is 5.92 Å².